The Balaban J connectivity index is 2.39. The lowest BCUT2D eigenvalue weighted by Gasteiger charge is -2.21. The Morgan fingerprint density at radius 1 is 1.04 bits per heavy atom. The van der Waals surface area contributed by atoms with E-state index in [-0.39, 0.29) is 0 Å². The summed E-state index contributed by atoms with van der Waals surface area (Å²) in [7, 11) is 3.14. The van der Waals surface area contributed by atoms with Crippen LogP contribution in [0.1, 0.15) is 26.3 Å². The van der Waals surface area contributed by atoms with E-state index in [9.17, 15) is 4.79 Å². The summed E-state index contributed by atoms with van der Waals surface area (Å²) >= 11 is 1.51. The fraction of sp³-hybridized carbons (Fsp3) is 0.350. The molecule has 0 bridgehead atoms. The first kappa shape index (κ1) is 20.0. The smallest absolute Gasteiger partial charge is 0.412 e. The van der Waals surface area contributed by atoms with Gasteiger partial charge in [-0.3, -0.25) is 5.32 Å². The number of carbonyl (C=O) groups excluding carboxylic acids is 1. The van der Waals surface area contributed by atoms with Crippen LogP contribution in [0.15, 0.2) is 46.2 Å². The summed E-state index contributed by atoms with van der Waals surface area (Å²) in [6.45, 7) is 7.50. The van der Waals surface area contributed by atoms with Gasteiger partial charge in [0.25, 0.3) is 0 Å². The largest absolute Gasteiger partial charge is 0.497 e. The Hall–Kier alpha value is -2.34. The first-order chi connectivity index (χ1) is 12.2. The average molecular weight is 375 g/mol. The molecule has 1 amide bonds. The summed E-state index contributed by atoms with van der Waals surface area (Å²) in [6.07, 6.45) is -0.535. The van der Waals surface area contributed by atoms with E-state index in [2.05, 4.69) is 5.32 Å². The molecule has 0 aliphatic rings. The molecule has 0 aliphatic carbocycles. The number of benzene rings is 2. The molecule has 5 nitrogen and oxygen atoms in total. The molecule has 0 fully saturated rings. The molecule has 26 heavy (non-hydrogen) atoms. The number of nitrogens with one attached hydrogen (secondary N) is 1. The SMILES string of the molecule is COc1cc(OC)c(NC(=O)OC(C)(C)C)c(Sc2ccc(C)cc2)c1. The molecular formula is C20H25NO4S. The molecule has 0 spiro atoms. The lowest BCUT2D eigenvalue weighted by molar-refractivity contribution is 0.0635. The molecule has 0 saturated heterocycles. The second kappa shape index (κ2) is 8.36. The predicted molar refractivity (Wildman–Crippen MR) is 105 cm³/mol. The van der Waals surface area contributed by atoms with Crippen LogP contribution in [0.4, 0.5) is 10.5 Å². The molecule has 0 heterocycles. The molecule has 0 unspecified atom stereocenters. The van der Waals surface area contributed by atoms with Crippen LogP contribution in [0.5, 0.6) is 11.5 Å². The van der Waals surface area contributed by atoms with Gasteiger partial charge in [-0.1, -0.05) is 29.5 Å². The van der Waals surface area contributed by atoms with Gasteiger partial charge in [0.15, 0.2) is 0 Å². The van der Waals surface area contributed by atoms with Crippen LogP contribution in [0.25, 0.3) is 0 Å². The summed E-state index contributed by atoms with van der Waals surface area (Å²) in [5.41, 5.74) is 1.14. The van der Waals surface area contributed by atoms with Crippen molar-refractivity contribution >= 4 is 23.5 Å². The van der Waals surface area contributed by atoms with Gasteiger partial charge in [-0.2, -0.15) is 0 Å². The third-order valence-corrected chi connectivity index (χ3v) is 4.42. The van der Waals surface area contributed by atoms with Crippen molar-refractivity contribution < 1.29 is 19.0 Å². The first-order valence-corrected chi connectivity index (χ1v) is 9.04. The third-order valence-electron chi connectivity index (χ3n) is 3.37. The number of ether oxygens (including phenoxy) is 3. The van der Waals surface area contributed by atoms with E-state index in [1.807, 2.05) is 58.0 Å². The van der Waals surface area contributed by atoms with E-state index < -0.39 is 11.7 Å². The lowest BCUT2D eigenvalue weighted by atomic mass is 10.2. The minimum atomic E-state index is -0.589. The third kappa shape index (κ3) is 5.59. The maximum Gasteiger partial charge on any atom is 0.412 e. The Morgan fingerprint density at radius 2 is 1.69 bits per heavy atom. The van der Waals surface area contributed by atoms with Crippen molar-refractivity contribution in [3.63, 3.8) is 0 Å². The molecule has 2 aromatic rings. The summed E-state index contributed by atoms with van der Waals surface area (Å²) in [4.78, 5) is 14.1. The maximum absolute atomic E-state index is 12.3. The molecule has 6 heteroatoms. The fourth-order valence-electron chi connectivity index (χ4n) is 2.19. The van der Waals surface area contributed by atoms with Crippen LogP contribution in [0.2, 0.25) is 0 Å². The van der Waals surface area contributed by atoms with Crippen molar-refractivity contribution in [1.82, 2.24) is 0 Å². The number of aryl methyl sites for hydroxylation is 1. The normalized spacial score (nSPS) is 11.0. The van der Waals surface area contributed by atoms with Crippen LogP contribution >= 0.6 is 11.8 Å². The highest BCUT2D eigenvalue weighted by atomic mass is 32.2. The summed E-state index contributed by atoms with van der Waals surface area (Å²) in [6, 6.07) is 11.7. The molecule has 140 valence electrons. The minimum Gasteiger partial charge on any atom is -0.497 e. The van der Waals surface area contributed by atoms with E-state index in [4.69, 9.17) is 14.2 Å². The highest BCUT2D eigenvalue weighted by molar-refractivity contribution is 7.99. The monoisotopic (exact) mass is 375 g/mol. The topological polar surface area (TPSA) is 56.8 Å². The summed E-state index contributed by atoms with van der Waals surface area (Å²) in [5, 5.41) is 2.81. The van der Waals surface area contributed by atoms with Crippen LogP contribution in [-0.4, -0.2) is 25.9 Å². The van der Waals surface area contributed by atoms with E-state index >= 15 is 0 Å². The molecule has 0 atom stereocenters. The van der Waals surface area contributed by atoms with Gasteiger partial charge in [-0.15, -0.1) is 0 Å². The number of methoxy groups -OCH3 is 2. The minimum absolute atomic E-state index is 0.504. The molecule has 2 rings (SSSR count). The van der Waals surface area contributed by atoms with Crippen LogP contribution < -0.4 is 14.8 Å². The molecule has 0 radical (unpaired) electrons. The number of hydrogen-bond donors (Lipinski definition) is 1. The van der Waals surface area contributed by atoms with Gasteiger partial charge < -0.3 is 14.2 Å². The van der Waals surface area contributed by atoms with Crippen LogP contribution in [0.3, 0.4) is 0 Å². The Kier molecular flexibility index (Phi) is 6.42. The van der Waals surface area contributed by atoms with Crippen LogP contribution in [-0.2, 0) is 4.74 Å². The molecule has 0 aromatic heterocycles. The van der Waals surface area contributed by atoms with Gasteiger partial charge in [-0.25, -0.2) is 4.79 Å². The number of anilines is 1. The highest BCUT2D eigenvalue weighted by Gasteiger charge is 2.21. The zero-order valence-corrected chi connectivity index (χ0v) is 16.8. The fourth-order valence-corrected chi connectivity index (χ4v) is 3.14. The van der Waals surface area contributed by atoms with Crippen molar-refractivity contribution in [2.75, 3.05) is 19.5 Å². The maximum atomic E-state index is 12.3. The summed E-state index contributed by atoms with van der Waals surface area (Å²) < 4.78 is 16.2. The molecule has 0 aliphatic heterocycles. The first-order valence-electron chi connectivity index (χ1n) is 8.22. The molecule has 1 N–H and O–H groups in total. The molecule has 0 saturated carbocycles. The molecular weight excluding hydrogens is 350 g/mol. The van der Waals surface area contributed by atoms with E-state index in [0.29, 0.717) is 17.2 Å². The average Bonchev–Trinajstić information content (AvgIpc) is 2.56. The van der Waals surface area contributed by atoms with Crippen molar-refractivity contribution in [1.29, 1.82) is 0 Å². The van der Waals surface area contributed by atoms with Crippen molar-refractivity contribution in [3.05, 3.63) is 42.0 Å². The quantitative estimate of drug-likeness (QED) is 0.747. The number of carbonyl (C=O) groups is 1. The van der Waals surface area contributed by atoms with Crippen molar-refractivity contribution in [3.8, 4) is 11.5 Å². The van der Waals surface area contributed by atoms with Crippen LogP contribution in [0, 0.1) is 6.92 Å². The van der Waals surface area contributed by atoms with Gasteiger partial charge in [0, 0.05) is 15.9 Å². The Morgan fingerprint density at radius 3 is 2.23 bits per heavy atom. The second-order valence-electron chi connectivity index (χ2n) is 6.74. The highest BCUT2D eigenvalue weighted by Crippen LogP contribution is 2.42. The van der Waals surface area contributed by atoms with Gasteiger partial charge >= 0.3 is 6.09 Å². The van der Waals surface area contributed by atoms with Gasteiger partial charge in [0.2, 0.25) is 0 Å². The Bertz CT molecular complexity index is 767. The number of rotatable bonds is 5. The van der Waals surface area contributed by atoms with E-state index in [1.165, 1.54) is 17.3 Å². The van der Waals surface area contributed by atoms with Crippen molar-refractivity contribution in [2.45, 2.75) is 43.1 Å². The number of amides is 1. The lowest BCUT2D eigenvalue weighted by Crippen LogP contribution is -2.27. The standard InChI is InChI=1S/C20H25NO4S/c1-13-7-9-15(10-8-13)26-17-12-14(23-5)11-16(24-6)18(17)21-19(22)25-20(2,3)4/h7-12H,1-6H3,(H,21,22). The van der Waals surface area contributed by atoms with Crippen molar-refractivity contribution in [2.24, 2.45) is 0 Å². The zero-order valence-electron chi connectivity index (χ0n) is 16.0. The summed E-state index contributed by atoms with van der Waals surface area (Å²) in [5.74, 6) is 1.15. The number of hydrogen-bond acceptors (Lipinski definition) is 5. The zero-order chi connectivity index (χ0) is 19.3. The van der Waals surface area contributed by atoms with Gasteiger partial charge in [-0.05, 0) is 45.9 Å². The Labute approximate surface area is 159 Å². The van der Waals surface area contributed by atoms with Gasteiger partial charge in [0.1, 0.15) is 22.8 Å². The van der Waals surface area contributed by atoms with Gasteiger partial charge in [0.05, 0.1) is 14.2 Å². The predicted octanol–water partition coefficient (Wildman–Crippen LogP) is 5.51. The van der Waals surface area contributed by atoms with E-state index in [1.54, 1.807) is 20.3 Å². The molecule has 2 aromatic carbocycles. The van der Waals surface area contributed by atoms with E-state index in [0.717, 1.165) is 9.79 Å². The second-order valence-corrected chi connectivity index (χ2v) is 7.86.